The van der Waals surface area contributed by atoms with Crippen LogP contribution in [0.3, 0.4) is 0 Å². The van der Waals surface area contributed by atoms with Gasteiger partial charge in [0, 0.05) is 24.7 Å². The number of carbonyl (C=O) groups is 3. The molecule has 88 heavy (non-hydrogen) atoms. The van der Waals surface area contributed by atoms with Crippen LogP contribution in [0.15, 0.2) is 23.8 Å². The van der Waals surface area contributed by atoms with Crippen LogP contribution in [0.5, 0.6) is 17.2 Å². The van der Waals surface area contributed by atoms with Crippen LogP contribution in [0.4, 0.5) is 0 Å². The lowest BCUT2D eigenvalue weighted by atomic mass is 9.46. The summed E-state index contributed by atoms with van der Waals surface area (Å²) < 4.78 is 76.7. The molecule has 27 atom stereocenters. The molecule has 3 saturated carbocycles. The zero-order valence-electron chi connectivity index (χ0n) is 51.3. The molecule has 498 valence electrons. The molecule has 8 aliphatic rings. The van der Waals surface area contributed by atoms with Gasteiger partial charge in [0.15, 0.2) is 48.9 Å². The molecule has 0 unspecified atom stereocenters. The van der Waals surface area contributed by atoms with Gasteiger partial charge in [-0.15, -0.1) is 0 Å². The summed E-state index contributed by atoms with van der Waals surface area (Å²) in [7, 11) is 4.09. The third kappa shape index (κ3) is 13.0. The second-order valence-corrected chi connectivity index (χ2v) is 26.1. The van der Waals surface area contributed by atoms with Gasteiger partial charge in [0.25, 0.3) is 0 Å². The summed E-state index contributed by atoms with van der Waals surface area (Å²) >= 11 is 0. The van der Waals surface area contributed by atoms with Gasteiger partial charge in [0.2, 0.25) is 5.75 Å². The number of esters is 2. The first-order valence-electron chi connectivity index (χ1n) is 30.6. The van der Waals surface area contributed by atoms with Crippen LogP contribution in [0, 0.1) is 40.4 Å². The van der Waals surface area contributed by atoms with Crippen LogP contribution in [0.2, 0.25) is 0 Å². The first-order valence-corrected chi connectivity index (χ1v) is 30.6. The van der Waals surface area contributed by atoms with Crippen LogP contribution < -0.4 is 14.2 Å². The molecule has 4 saturated heterocycles. The fraction of sp³-hybridized carbons (Fsp3) is 0.820. The molecule has 0 radical (unpaired) electrons. The third-order valence-corrected chi connectivity index (χ3v) is 20.6. The molecule has 27 nitrogen and oxygen atoms in total. The molecule has 0 aromatic heterocycles. The van der Waals surface area contributed by atoms with Crippen LogP contribution in [0.1, 0.15) is 110 Å². The smallest absolute Gasteiger partial charge is 0.338 e. The van der Waals surface area contributed by atoms with Crippen molar-refractivity contribution in [3.63, 3.8) is 0 Å². The van der Waals surface area contributed by atoms with Crippen LogP contribution in [-0.4, -0.2) is 250 Å². The predicted octanol–water partition coefficient (Wildman–Crippen LogP) is -0.310. The van der Waals surface area contributed by atoms with E-state index < -0.39 is 178 Å². The van der Waals surface area contributed by atoms with E-state index in [1.54, 1.807) is 6.92 Å². The molecule has 4 heterocycles. The van der Waals surface area contributed by atoms with E-state index in [9.17, 15) is 70.6 Å². The first-order chi connectivity index (χ1) is 41.6. The van der Waals surface area contributed by atoms with Gasteiger partial charge in [0.1, 0.15) is 84.6 Å². The first kappa shape index (κ1) is 68.6. The van der Waals surface area contributed by atoms with Crippen molar-refractivity contribution in [1.29, 1.82) is 0 Å². The second kappa shape index (κ2) is 27.8. The molecule has 7 fully saturated rings. The average molecular weight is 1260 g/mol. The van der Waals surface area contributed by atoms with Gasteiger partial charge in [-0.2, -0.15) is 0 Å². The fourth-order valence-corrected chi connectivity index (χ4v) is 15.4. The Morgan fingerprint density at radius 2 is 1.31 bits per heavy atom. The average Bonchev–Trinajstić information content (AvgIpc) is 1.48. The number of aliphatic hydroxyl groups excluding tert-OH is 10. The Morgan fingerprint density at radius 1 is 0.682 bits per heavy atom. The van der Waals surface area contributed by atoms with Crippen LogP contribution in [0.25, 0.3) is 0 Å². The number of rotatable bonds is 21. The Morgan fingerprint density at radius 3 is 1.93 bits per heavy atom. The quantitative estimate of drug-likeness (QED) is 0.0555. The van der Waals surface area contributed by atoms with E-state index in [0.29, 0.717) is 44.9 Å². The molecule has 4 aliphatic carbocycles. The summed E-state index contributed by atoms with van der Waals surface area (Å²) in [4.78, 5) is 41.5. The maximum Gasteiger partial charge on any atom is 0.338 e. The molecule has 4 aliphatic heterocycles. The van der Waals surface area contributed by atoms with Crippen molar-refractivity contribution in [3.05, 3.63) is 29.3 Å². The highest BCUT2D eigenvalue weighted by molar-refractivity contribution is 5.91. The Labute approximate surface area is 510 Å². The summed E-state index contributed by atoms with van der Waals surface area (Å²) in [6.07, 6.45) is -23.9. The Kier molecular flexibility index (Phi) is 21.7. The Balaban J connectivity index is 0.937. The predicted molar refractivity (Wildman–Crippen MR) is 300 cm³/mol. The van der Waals surface area contributed by atoms with Crippen LogP contribution >= 0.6 is 0 Å². The minimum Gasteiger partial charge on any atom is -0.493 e. The molecular formula is C61H92O27. The van der Waals surface area contributed by atoms with E-state index in [4.69, 9.17) is 61.6 Å². The van der Waals surface area contributed by atoms with Gasteiger partial charge < -0.3 is 118 Å². The van der Waals surface area contributed by atoms with Crippen LogP contribution in [-0.2, 0) is 57.0 Å². The van der Waals surface area contributed by atoms with E-state index in [2.05, 4.69) is 13.0 Å². The normalized spacial score (nSPS) is 43.7. The fourth-order valence-electron chi connectivity index (χ4n) is 15.4. The standard InChI is InChI=1S/C61H92O27/c1-26(2)10-13-35(64)27(3)61(75)42(86-58-53(82-28(4)63)50(37(66)24-80-58)88-57-52(43(67)36(65)23-79-57)87-54(74)29-18-38(76-7)51(78-9)39(19-29)77-8)21-34-32-12-11-30-20-31(14-16-59(30,5)33(32)15-17-60(34,61)6)83-56-49(73)47(71)45(69)41(85-56)25-81-55-48(72)46(70)44(68)40(22-62)84-55/h11,18-19,26-27,31-34,36-37,40-50,52-53,55-58,62,65-73,75H,10,12-17,20-25H2,1-9H3/t27-,31+,32-,33+,34+,36-,37+,40-,41-,42+,43+,44-,45-,46+,47+,48-,49-,50+,52-,53-,55-,56-,57+,58+,59+,60+,61-/m1/s1. The number of ether oxygens (including phenoxy) is 13. The van der Waals surface area contributed by atoms with Crippen molar-refractivity contribution in [2.45, 2.75) is 228 Å². The number of hydrogen-bond donors (Lipinski definition) is 11. The van der Waals surface area contributed by atoms with Gasteiger partial charge in [-0.3, -0.25) is 9.59 Å². The van der Waals surface area contributed by atoms with E-state index in [1.807, 2.05) is 20.8 Å². The minimum atomic E-state index is -1.83. The number of allylic oxidation sites excluding steroid dienone is 1. The molecule has 27 heteroatoms. The number of fused-ring (bicyclic) bond motifs is 5. The number of ketones is 1. The SMILES string of the molecule is COc1cc(C(=O)O[C@H]2[C@H](O[C@@H]3[C@@H](OC(C)=O)[C@H](O[C@H]4C[C@H]5[C@@H]6CC=C7C[C@@H](O[C@@H]8O[C@H](CO[C@@H]9O[C@H](CO)[C@@H](O)[C@H](O)[C@H]9O)[C@@H](O)[C@H](O)[C@H]8O)CC[C@]7(C)[C@H]6CC[C@]5(C)[C@@]4(O)[C@H](C)C(=O)CCC(C)C)OC[C@@H]3O)OC[C@@H](O)[C@@H]2O)cc(OC)c1OC. The summed E-state index contributed by atoms with van der Waals surface area (Å²) in [5.41, 5.74) is -2.12. The van der Waals surface area contributed by atoms with E-state index in [1.165, 1.54) is 33.5 Å². The van der Waals surface area contributed by atoms with Crippen molar-refractivity contribution in [2.75, 3.05) is 47.8 Å². The largest absolute Gasteiger partial charge is 0.493 e. The number of Topliss-reactive ketones (excluding diaryl/α,β-unsaturated/α-hetero) is 1. The van der Waals surface area contributed by atoms with Gasteiger partial charge in [-0.1, -0.05) is 46.3 Å². The van der Waals surface area contributed by atoms with E-state index in [0.717, 1.165) is 12.5 Å². The third-order valence-electron chi connectivity index (χ3n) is 20.6. The molecule has 0 spiro atoms. The Hall–Kier alpha value is -3.79. The summed E-state index contributed by atoms with van der Waals surface area (Å²) in [5.74, 6) is -2.58. The highest BCUT2D eigenvalue weighted by atomic mass is 16.8. The molecule has 1 aromatic rings. The zero-order valence-corrected chi connectivity index (χ0v) is 51.3. The van der Waals surface area contributed by atoms with Gasteiger partial charge in [-0.25, -0.2) is 4.79 Å². The number of carbonyl (C=O) groups excluding carboxylic acids is 3. The zero-order chi connectivity index (χ0) is 64.1. The van der Waals surface area contributed by atoms with Crippen molar-refractivity contribution in [1.82, 2.24) is 0 Å². The monoisotopic (exact) mass is 1260 g/mol. The number of methoxy groups -OCH3 is 3. The lowest BCUT2D eigenvalue weighted by Gasteiger charge is -2.59. The van der Waals surface area contributed by atoms with Crippen molar-refractivity contribution in [2.24, 2.45) is 40.4 Å². The van der Waals surface area contributed by atoms with Crippen molar-refractivity contribution < 1.29 is 132 Å². The maximum absolute atomic E-state index is 14.5. The molecule has 1 aromatic carbocycles. The second-order valence-electron chi connectivity index (χ2n) is 26.1. The lowest BCUT2D eigenvalue weighted by molar-refractivity contribution is -0.345. The van der Waals surface area contributed by atoms with Gasteiger partial charge in [-0.05, 0) is 92.6 Å². The highest BCUT2D eigenvalue weighted by Crippen LogP contribution is 2.69. The minimum absolute atomic E-state index is 0.0351. The van der Waals surface area contributed by atoms with Gasteiger partial charge in [0.05, 0.1) is 65.5 Å². The highest BCUT2D eigenvalue weighted by Gasteiger charge is 2.71. The summed E-state index contributed by atoms with van der Waals surface area (Å²) in [5, 5.41) is 121. The molecular weight excluding hydrogens is 1160 g/mol. The molecule has 11 N–H and O–H groups in total. The number of hydrogen-bond acceptors (Lipinski definition) is 27. The van der Waals surface area contributed by atoms with Gasteiger partial charge >= 0.3 is 11.9 Å². The maximum atomic E-state index is 14.5. The van der Waals surface area contributed by atoms with E-state index >= 15 is 0 Å². The number of benzene rings is 1. The Bertz CT molecular complexity index is 2580. The van der Waals surface area contributed by atoms with Crippen molar-refractivity contribution >= 4 is 17.7 Å². The number of aliphatic hydroxyl groups is 11. The summed E-state index contributed by atoms with van der Waals surface area (Å²) in [6.45, 7) is 8.94. The molecule has 9 rings (SSSR count). The lowest BCUT2D eigenvalue weighted by Crippen LogP contribution is -2.64. The van der Waals surface area contributed by atoms with Crippen molar-refractivity contribution in [3.8, 4) is 17.2 Å². The topological polar surface area (TPSA) is 394 Å². The molecule has 0 bridgehead atoms. The summed E-state index contributed by atoms with van der Waals surface area (Å²) in [6, 6.07) is 2.63. The van der Waals surface area contributed by atoms with E-state index in [-0.39, 0.29) is 70.5 Å². The molecule has 0 amide bonds.